The molecule has 82 valence electrons. The van der Waals surface area contributed by atoms with E-state index >= 15 is 0 Å². The molecule has 0 bridgehead atoms. The minimum Gasteiger partial charge on any atom is -0.379 e. The van der Waals surface area contributed by atoms with E-state index in [2.05, 4.69) is 14.9 Å². The highest BCUT2D eigenvalue weighted by Gasteiger charge is 2.21. The minimum absolute atomic E-state index is 0.419. The summed E-state index contributed by atoms with van der Waals surface area (Å²) in [6, 6.07) is 0.419. The van der Waals surface area contributed by atoms with Crippen molar-refractivity contribution in [2.24, 2.45) is 5.73 Å². The van der Waals surface area contributed by atoms with Gasteiger partial charge in [-0.15, -0.1) is 0 Å². The van der Waals surface area contributed by atoms with Gasteiger partial charge in [-0.2, -0.15) is 0 Å². The zero-order valence-corrected chi connectivity index (χ0v) is 8.89. The SMILES string of the molecule is CN(c1cnc(CN)cn1)C1CCOC1. The van der Waals surface area contributed by atoms with Gasteiger partial charge in [-0.3, -0.25) is 4.98 Å². The summed E-state index contributed by atoms with van der Waals surface area (Å²) in [4.78, 5) is 10.7. The zero-order valence-electron chi connectivity index (χ0n) is 8.89. The standard InChI is InChI=1S/C10H16N4O/c1-14(9-2-3-15-7-9)10-6-12-8(4-11)5-13-10/h5-6,9H,2-4,7,11H2,1H3. The van der Waals surface area contributed by atoms with Crippen molar-refractivity contribution in [1.29, 1.82) is 0 Å². The first-order valence-electron chi connectivity index (χ1n) is 5.13. The first-order valence-corrected chi connectivity index (χ1v) is 5.13. The molecule has 1 atom stereocenters. The third-order valence-corrected chi connectivity index (χ3v) is 2.72. The Bertz CT molecular complexity index is 308. The lowest BCUT2D eigenvalue weighted by Crippen LogP contribution is -2.32. The summed E-state index contributed by atoms with van der Waals surface area (Å²) in [5.41, 5.74) is 6.28. The first kappa shape index (κ1) is 10.3. The van der Waals surface area contributed by atoms with Crippen molar-refractivity contribution in [3.63, 3.8) is 0 Å². The summed E-state index contributed by atoms with van der Waals surface area (Å²) >= 11 is 0. The van der Waals surface area contributed by atoms with Gasteiger partial charge in [0.15, 0.2) is 0 Å². The van der Waals surface area contributed by atoms with Crippen LogP contribution < -0.4 is 10.6 Å². The fourth-order valence-corrected chi connectivity index (χ4v) is 1.65. The smallest absolute Gasteiger partial charge is 0.147 e. The maximum Gasteiger partial charge on any atom is 0.147 e. The monoisotopic (exact) mass is 208 g/mol. The molecule has 1 aromatic heterocycles. The van der Waals surface area contributed by atoms with E-state index in [0.29, 0.717) is 12.6 Å². The molecule has 1 aliphatic heterocycles. The third-order valence-electron chi connectivity index (χ3n) is 2.72. The number of aromatic nitrogens is 2. The van der Waals surface area contributed by atoms with Gasteiger partial charge in [0.05, 0.1) is 30.7 Å². The fourth-order valence-electron chi connectivity index (χ4n) is 1.65. The highest BCUT2D eigenvalue weighted by atomic mass is 16.5. The Morgan fingerprint density at radius 1 is 1.53 bits per heavy atom. The number of rotatable bonds is 3. The molecule has 1 aliphatic rings. The quantitative estimate of drug-likeness (QED) is 0.766. The number of likely N-dealkylation sites (N-methyl/N-ethyl adjacent to an activating group) is 1. The van der Waals surface area contributed by atoms with E-state index in [9.17, 15) is 0 Å². The Balaban J connectivity index is 2.07. The molecule has 15 heavy (non-hydrogen) atoms. The molecule has 0 amide bonds. The summed E-state index contributed by atoms with van der Waals surface area (Å²) in [7, 11) is 2.02. The van der Waals surface area contributed by atoms with E-state index in [1.54, 1.807) is 12.4 Å². The molecule has 1 aromatic rings. The second-order valence-corrected chi connectivity index (χ2v) is 3.70. The maximum absolute atomic E-state index is 5.46. The fraction of sp³-hybridized carbons (Fsp3) is 0.600. The first-order chi connectivity index (χ1) is 7.31. The van der Waals surface area contributed by atoms with E-state index in [1.807, 2.05) is 7.05 Å². The molecule has 0 radical (unpaired) electrons. The van der Waals surface area contributed by atoms with Gasteiger partial charge in [0.25, 0.3) is 0 Å². The lowest BCUT2D eigenvalue weighted by molar-refractivity contribution is 0.193. The molecule has 1 fully saturated rings. The molecule has 0 saturated carbocycles. The van der Waals surface area contributed by atoms with Crippen LogP contribution in [0.1, 0.15) is 12.1 Å². The summed E-state index contributed by atoms with van der Waals surface area (Å²) in [5.74, 6) is 0.878. The average molecular weight is 208 g/mol. The molecule has 5 heteroatoms. The zero-order chi connectivity index (χ0) is 10.7. The summed E-state index contributed by atoms with van der Waals surface area (Å²) in [6.45, 7) is 2.05. The number of hydrogen-bond acceptors (Lipinski definition) is 5. The number of hydrogen-bond donors (Lipinski definition) is 1. The predicted molar refractivity (Wildman–Crippen MR) is 57.6 cm³/mol. The Kier molecular flexibility index (Phi) is 3.13. The molecule has 1 unspecified atom stereocenters. The number of ether oxygens (including phenoxy) is 1. The lowest BCUT2D eigenvalue weighted by atomic mass is 10.2. The summed E-state index contributed by atoms with van der Waals surface area (Å²) in [6.07, 6.45) is 4.54. The minimum atomic E-state index is 0.419. The van der Waals surface area contributed by atoms with E-state index in [-0.39, 0.29) is 0 Å². The van der Waals surface area contributed by atoms with Crippen molar-refractivity contribution >= 4 is 5.82 Å². The van der Waals surface area contributed by atoms with Gasteiger partial charge in [0.1, 0.15) is 5.82 Å². The Labute approximate surface area is 89.3 Å². The van der Waals surface area contributed by atoms with Gasteiger partial charge in [-0.1, -0.05) is 0 Å². The third kappa shape index (κ3) is 2.24. The van der Waals surface area contributed by atoms with Crippen LogP contribution >= 0.6 is 0 Å². The van der Waals surface area contributed by atoms with Crippen LogP contribution in [0.5, 0.6) is 0 Å². The van der Waals surface area contributed by atoms with Gasteiger partial charge in [-0.05, 0) is 6.42 Å². The highest BCUT2D eigenvalue weighted by Crippen LogP contribution is 2.16. The maximum atomic E-state index is 5.46. The Hall–Kier alpha value is -1.20. The van der Waals surface area contributed by atoms with Crippen molar-refractivity contribution in [3.8, 4) is 0 Å². The van der Waals surface area contributed by atoms with Crippen LogP contribution in [0.25, 0.3) is 0 Å². The number of anilines is 1. The van der Waals surface area contributed by atoms with Gasteiger partial charge < -0.3 is 15.4 Å². The van der Waals surface area contributed by atoms with E-state index < -0.39 is 0 Å². The highest BCUT2D eigenvalue weighted by molar-refractivity contribution is 5.36. The van der Waals surface area contributed by atoms with Gasteiger partial charge in [0.2, 0.25) is 0 Å². The molecule has 1 saturated heterocycles. The molecule has 5 nitrogen and oxygen atoms in total. The van der Waals surface area contributed by atoms with Crippen LogP contribution in [-0.4, -0.2) is 36.3 Å². The van der Waals surface area contributed by atoms with Crippen LogP contribution in [0.15, 0.2) is 12.4 Å². The summed E-state index contributed by atoms with van der Waals surface area (Å²) in [5, 5.41) is 0. The van der Waals surface area contributed by atoms with Crippen molar-refractivity contribution in [1.82, 2.24) is 9.97 Å². The van der Waals surface area contributed by atoms with E-state index in [4.69, 9.17) is 10.5 Å². The van der Waals surface area contributed by atoms with Crippen molar-refractivity contribution in [3.05, 3.63) is 18.1 Å². The molecule has 0 aliphatic carbocycles. The predicted octanol–water partition coefficient (Wildman–Crippen LogP) is 0.160. The molecule has 2 N–H and O–H groups in total. The molecule has 2 heterocycles. The van der Waals surface area contributed by atoms with Crippen LogP contribution in [-0.2, 0) is 11.3 Å². The van der Waals surface area contributed by atoms with Crippen molar-refractivity contribution in [2.45, 2.75) is 19.0 Å². The van der Waals surface area contributed by atoms with Gasteiger partial charge >= 0.3 is 0 Å². The van der Waals surface area contributed by atoms with Gasteiger partial charge in [-0.25, -0.2) is 4.98 Å². The molecule has 2 rings (SSSR count). The van der Waals surface area contributed by atoms with Crippen LogP contribution in [0.2, 0.25) is 0 Å². The molecular weight excluding hydrogens is 192 g/mol. The Morgan fingerprint density at radius 2 is 2.40 bits per heavy atom. The largest absolute Gasteiger partial charge is 0.379 e. The van der Waals surface area contributed by atoms with Crippen LogP contribution in [0.3, 0.4) is 0 Å². The summed E-state index contributed by atoms with van der Waals surface area (Å²) < 4.78 is 5.33. The second kappa shape index (κ2) is 4.55. The second-order valence-electron chi connectivity index (χ2n) is 3.70. The Morgan fingerprint density at radius 3 is 2.93 bits per heavy atom. The molecule has 0 spiro atoms. The van der Waals surface area contributed by atoms with Crippen LogP contribution in [0.4, 0.5) is 5.82 Å². The molecule has 0 aromatic carbocycles. The van der Waals surface area contributed by atoms with E-state index in [0.717, 1.165) is 31.1 Å². The molecular formula is C10H16N4O. The van der Waals surface area contributed by atoms with Crippen molar-refractivity contribution < 1.29 is 4.74 Å². The van der Waals surface area contributed by atoms with Crippen LogP contribution in [0, 0.1) is 0 Å². The number of nitrogens with two attached hydrogens (primary N) is 1. The average Bonchev–Trinajstić information content (AvgIpc) is 2.82. The van der Waals surface area contributed by atoms with Crippen molar-refractivity contribution in [2.75, 3.05) is 25.2 Å². The van der Waals surface area contributed by atoms with Gasteiger partial charge in [0, 0.05) is 20.2 Å². The lowest BCUT2D eigenvalue weighted by Gasteiger charge is -2.23. The topological polar surface area (TPSA) is 64.3 Å². The number of nitrogens with zero attached hydrogens (tertiary/aromatic N) is 3. The normalized spacial score (nSPS) is 20.5. The van der Waals surface area contributed by atoms with E-state index in [1.165, 1.54) is 0 Å².